The van der Waals surface area contributed by atoms with Gasteiger partial charge in [-0.1, -0.05) is 30.3 Å². The molecule has 0 aliphatic carbocycles. The molecule has 24 heavy (non-hydrogen) atoms. The quantitative estimate of drug-likeness (QED) is 0.497. The lowest BCUT2D eigenvalue weighted by Crippen LogP contribution is -2.36. The fourth-order valence-electron chi connectivity index (χ4n) is 1.52. The Balaban J connectivity index is 2.26. The lowest BCUT2D eigenvalue weighted by atomic mass is 10.2. The standard InChI is InChI=1S/C16H19NO7/c1-12(18)22-11-16(21)24-10-14(19)17(2)8-15(20)23-9-13-6-4-3-5-7-13/h3-7H,8-11H2,1-2H3. The summed E-state index contributed by atoms with van der Waals surface area (Å²) in [6.07, 6.45) is 0. The second-order valence-corrected chi connectivity index (χ2v) is 4.84. The average Bonchev–Trinajstić information content (AvgIpc) is 2.56. The molecule has 0 aliphatic rings. The van der Waals surface area contributed by atoms with E-state index in [2.05, 4.69) is 9.47 Å². The third-order valence-electron chi connectivity index (χ3n) is 2.78. The van der Waals surface area contributed by atoms with Crippen LogP contribution in [0.5, 0.6) is 0 Å². The number of rotatable bonds is 8. The van der Waals surface area contributed by atoms with Crippen LogP contribution in [0.15, 0.2) is 30.3 Å². The van der Waals surface area contributed by atoms with Crippen molar-refractivity contribution in [2.24, 2.45) is 0 Å². The lowest BCUT2D eigenvalue weighted by molar-refractivity contribution is -0.161. The van der Waals surface area contributed by atoms with Crippen molar-refractivity contribution in [3.8, 4) is 0 Å². The molecule has 0 saturated heterocycles. The minimum atomic E-state index is -0.849. The van der Waals surface area contributed by atoms with Crippen molar-refractivity contribution in [2.75, 3.05) is 26.8 Å². The van der Waals surface area contributed by atoms with Crippen LogP contribution in [-0.2, 0) is 40.0 Å². The number of amides is 1. The van der Waals surface area contributed by atoms with Crippen LogP contribution in [0.3, 0.4) is 0 Å². The third-order valence-corrected chi connectivity index (χ3v) is 2.78. The number of hydrogen-bond donors (Lipinski definition) is 0. The first-order valence-electron chi connectivity index (χ1n) is 7.11. The summed E-state index contributed by atoms with van der Waals surface area (Å²) in [6.45, 7) is -0.131. The number of benzene rings is 1. The molecule has 1 aromatic carbocycles. The zero-order valence-electron chi connectivity index (χ0n) is 13.5. The van der Waals surface area contributed by atoms with Crippen LogP contribution in [-0.4, -0.2) is 55.5 Å². The van der Waals surface area contributed by atoms with Crippen LogP contribution in [0.2, 0.25) is 0 Å². The number of hydrogen-bond acceptors (Lipinski definition) is 7. The first-order chi connectivity index (χ1) is 11.4. The number of esters is 3. The molecule has 0 N–H and O–H groups in total. The van der Waals surface area contributed by atoms with Crippen molar-refractivity contribution in [1.82, 2.24) is 4.90 Å². The lowest BCUT2D eigenvalue weighted by Gasteiger charge is -2.16. The molecule has 0 heterocycles. The molecule has 0 aromatic heterocycles. The van der Waals surface area contributed by atoms with E-state index in [1.54, 1.807) is 0 Å². The molecule has 0 aliphatic heterocycles. The van der Waals surface area contributed by atoms with Gasteiger partial charge in [-0.25, -0.2) is 4.79 Å². The molecule has 0 fully saturated rings. The smallest absolute Gasteiger partial charge is 0.344 e. The molecule has 0 bridgehead atoms. The minimum absolute atomic E-state index is 0.110. The maximum Gasteiger partial charge on any atom is 0.344 e. The van der Waals surface area contributed by atoms with Gasteiger partial charge in [0.1, 0.15) is 13.2 Å². The van der Waals surface area contributed by atoms with E-state index in [0.29, 0.717) is 0 Å². The van der Waals surface area contributed by atoms with Crippen LogP contribution in [0, 0.1) is 0 Å². The molecule has 0 saturated carbocycles. The average molecular weight is 337 g/mol. The van der Waals surface area contributed by atoms with Crippen LogP contribution in [0.1, 0.15) is 12.5 Å². The van der Waals surface area contributed by atoms with E-state index in [9.17, 15) is 19.2 Å². The number of ether oxygens (including phenoxy) is 3. The Morgan fingerprint density at radius 3 is 2.21 bits per heavy atom. The molecule has 1 rings (SSSR count). The molecule has 130 valence electrons. The number of carbonyl (C=O) groups excluding carboxylic acids is 4. The Hall–Kier alpha value is -2.90. The van der Waals surface area contributed by atoms with Crippen molar-refractivity contribution >= 4 is 23.8 Å². The van der Waals surface area contributed by atoms with Crippen molar-refractivity contribution in [3.05, 3.63) is 35.9 Å². The van der Waals surface area contributed by atoms with Gasteiger partial charge in [0.15, 0.2) is 13.2 Å². The number of nitrogens with zero attached hydrogens (tertiary/aromatic N) is 1. The van der Waals surface area contributed by atoms with Gasteiger partial charge in [-0.15, -0.1) is 0 Å². The van der Waals surface area contributed by atoms with E-state index in [-0.39, 0.29) is 13.2 Å². The first-order valence-corrected chi connectivity index (χ1v) is 7.11. The molecule has 1 amide bonds. The molecule has 0 unspecified atom stereocenters. The molecule has 0 atom stereocenters. The van der Waals surface area contributed by atoms with Crippen molar-refractivity contribution in [3.63, 3.8) is 0 Å². The number of likely N-dealkylation sites (N-methyl/N-ethyl adjacent to an activating group) is 1. The van der Waals surface area contributed by atoms with Gasteiger partial charge in [0.2, 0.25) is 0 Å². The summed E-state index contributed by atoms with van der Waals surface area (Å²) in [4.78, 5) is 46.2. The van der Waals surface area contributed by atoms with Gasteiger partial charge >= 0.3 is 17.9 Å². The van der Waals surface area contributed by atoms with E-state index >= 15 is 0 Å². The summed E-state index contributed by atoms with van der Waals surface area (Å²) >= 11 is 0. The van der Waals surface area contributed by atoms with E-state index in [0.717, 1.165) is 17.4 Å². The Labute approximate surface area is 139 Å². The second-order valence-electron chi connectivity index (χ2n) is 4.84. The Kier molecular flexibility index (Phi) is 7.97. The van der Waals surface area contributed by atoms with Crippen LogP contribution >= 0.6 is 0 Å². The highest BCUT2D eigenvalue weighted by Gasteiger charge is 2.16. The molecular weight excluding hydrogens is 318 g/mol. The van der Waals surface area contributed by atoms with Gasteiger partial charge in [-0.2, -0.15) is 0 Å². The SMILES string of the molecule is CC(=O)OCC(=O)OCC(=O)N(C)CC(=O)OCc1ccccc1. The van der Waals surface area contributed by atoms with E-state index in [4.69, 9.17) is 4.74 Å². The minimum Gasteiger partial charge on any atom is -0.459 e. The molecule has 8 heteroatoms. The van der Waals surface area contributed by atoms with Crippen LogP contribution in [0.25, 0.3) is 0 Å². The monoisotopic (exact) mass is 337 g/mol. The predicted octanol–water partition coefficient (Wildman–Crippen LogP) is 0.295. The summed E-state index contributed by atoms with van der Waals surface area (Å²) in [7, 11) is 1.38. The van der Waals surface area contributed by atoms with Gasteiger partial charge in [0.25, 0.3) is 5.91 Å². The zero-order chi connectivity index (χ0) is 17.9. The fourth-order valence-corrected chi connectivity index (χ4v) is 1.52. The summed E-state index contributed by atoms with van der Waals surface area (Å²) in [5, 5.41) is 0. The zero-order valence-corrected chi connectivity index (χ0v) is 13.5. The highest BCUT2D eigenvalue weighted by atomic mass is 16.6. The van der Waals surface area contributed by atoms with E-state index in [1.807, 2.05) is 30.3 Å². The maximum absolute atomic E-state index is 11.7. The first kappa shape index (κ1) is 19.1. The van der Waals surface area contributed by atoms with Crippen LogP contribution in [0.4, 0.5) is 0 Å². The summed E-state index contributed by atoms with van der Waals surface area (Å²) in [5.41, 5.74) is 0.833. The van der Waals surface area contributed by atoms with Gasteiger partial charge < -0.3 is 19.1 Å². The largest absolute Gasteiger partial charge is 0.459 e. The maximum atomic E-state index is 11.7. The second kappa shape index (κ2) is 9.98. The highest BCUT2D eigenvalue weighted by molar-refractivity contribution is 5.84. The van der Waals surface area contributed by atoms with Gasteiger partial charge in [-0.05, 0) is 5.56 Å². The van der Waals surface area contributed by atoms with Crippen LogP contribution < -0.4 is 0 Å². The van der Waals surface area contributed by atoms with Crippen molar-refractivity contribution in [2.45, 2.75) is 13.5 Å². The van der Waals surface area contributed by atoms with Gasteiger partial charge in [0, 0.05) is 14.0 Å². The fraction of sp³-hybridized carbons (Fsp3) is 0.375. The summed E-state index contributed by atoms with van der Waals surface area (Å²) in [5.74, 6) is -2.64. The summed E-state index contributed by atoms with van der Waals surface area (Å²) in [6, 6.07) is 9.11. The van der Waals surface area contributed by atoms with E-state index < -0.39 is 37.0 Å². The predicted molar refractivity (Wildman–Crippen MR) is 81.5 cm³/mol. The van der Waals surface area contributed by atoms with Gasteiger partial charge in [0.05, 0.1) is 0 Å². The third kappa shape index (κ3) is 7.92. The Bertz CT molecular complexity index is 585. The summed E-state index contributed by atoms with van der Waals surface area (Å²) < 4.78 is 14.1. The normalized spacial score (nSPS) is 9.75. The highest BCUT2D eigenvalue weighted by Crippen LogP contribution is 2.01. The Morgan fingerprint density at radius 1 is 0.917 bits per heavy atom. The molecular formula is C16H19NO7. The topological polar surface area (TPSA) is 99.2 Å². The molecule has 0 spiro atoms. The molecule has 1 aromatic rings. The molecule has 0 radical (unpaired) electrons. The number of carbonyl (C=O) groups is 4. The van der Waals surface area contributed by atoms with E-state index in [1.165, 1.54) is 7.05 Å². The Morgan fingerprint density at radius 2 is 1.58 bits per heavy atom. The molecule has 8 nitrogen and oxygen atoms in total. The van der Waals surface area contributed by atoms with Crippen molar-refractivity contribution < 1.29 is 33.4 Å². The van der Waals surface area contributed by atoms with Gasteiger partial charge in [-0.3, -0.25) is 14.4 Å². The van der Waals surface area contributed by atoms with Crippen molar-refractivity contribution in [1.29, 1.82) is 0 Å².